The van der Waals surface area contributed by atoms with E-state index >= 15 is 0 Å². The molecule has 0 radical (unpaired) electrons. The summed E-state index contributed by atoms with van der Waals surface area (Å²) in [5, 5.41) is 0. The number of hydrogen-bond donors (Lipinski definition) is 0. The molecule has 0 heterocycles. The highest BCUT2D eigenvalue weighted by molar-refractivity contribution is 5.20. The van der Waals surface area contributed by atoms with Gasteiger partial charge in [0.15, 0.2) is 0 Å². The maximum atomic E-state index is 5.61. The lowest BCUT2D eigenvalue weighted by atomic mass is 10.1. The van der Waals surface area contributed by atoms with Gasteiger partial charge in [0.25, 0.3) is 0 Å². The number of benzene rings is 1. The number of para-hydroxylation sites is 1. The minimum atomic E-state index is 0.857. The molecule has 0 saturated carbocycles. The second kappa shape index (κ2) is 12.8. The van der Waals surface area contributed by atoms with Crippen molar-refractivity contribution >= 4 is 0 Å². The fourth-order valence-electron chi connectivity index (χ4n) is 1.59. The molecule has 0 aromatic heterocycles. The van der Waals surface area contributed by atoms with Crippen molar-refractivity contribution in [3.05, 3.63) is 43.5 Å². The van der Waals surface area contributed by atoms with Crippen LogP contribution in [0.15, 0.2) is 43.5 Å². The molecule has 0 saturated heterocycles. The van der Waals surface area contributed by atoms with Crippen LogP contribution < -0.4 is 4.74 Å². The van der Waals surface area contributed by atoms with Crippen LogP contribution in [0.4, 0.5) is 0 Å². The Bertz CT molecular complexity index is 243. The summed E-state index contributed by atoms with van der Waals surface area (Å²) in [6.07, 6.45) is 7.90. The summed E-state index contributed by atoms with van der Waals surface area (Å²) in [6.45, 7) is 9.11. The molecule has 1 heteroatoms. The summed E-state index contributed by atoms with van der Waals surface area (Å²) in [5.41, 5.74) is 0. The average Bonchev–Trinajstić information content (AvgIpc) is 2.41. The minimum absolute atomic E-state index is 0.857. The van der Waals surface area contributed by atoms with Gasteiger partial charge in [-0.15, -0.1) is 13.2 Å². The van der Waals surface area contributed by atoms with Crippen molar-refractivity contribution in [2.75, 3.05) is 6.61 Å². The molecule has 1 rings (SSSR count). The Labute approximate surface area is 107 Å². The minimum Gasteiger partial charge on any atom is -0.494 e. The standard InChI is InChI=1S/C14H22O.C2H4/c1-2-3-4-5-6-10-13-15-14-11-8-7-9-12-14;1-2/h7-9,11-12H,2-6,10,13H2,1H3;1-2H2. The molecular weight excluding hydrogens is 208 g/mol. The van der Waals surface area contributed by atoms with Gasteiger partial charge in [0, 0.05) is 0 Å². The van der Waals surface area contributed by atoms with E-state index in [-0.39, 0.29) is 0 Å². The zero-order valence-electron chi connectivity index (χ0n) is 11.2. The highest BCUT2D eigenvalue weighted by atomic mass is 16.5. The van der Waals surface area contributed by atoms with Crippen molar-refractivity contribution in [1.82, 2.24) is 0 Å². The topological polar surface area (TPSA) is 9.23 Å². The van der Waals surface area contributed by atoms with Crippen LogP contribution in [0.25, 0.3) is 0 Å². The second-order valence-electron chi connectivity index (χ2n) is 3.93. The first kappa shape index (κ1) is 15.8. The Morgan fingerprint density at radius 2 is 1.47 bits per heavy atom. The van der Waals surface area contributed by atoms with Gasteiger partial charge in [-0.1, -0.05) is 57.2 Å². The third-order valence-electron chi connectivity index (χ3n) is 2.51. The third-order valence-corrected chi connectivity index (χ3v) is 2.51. The van der Waals surface area contributed by atoms with Gasteiger partial charge in [0.05, 0.1) is 6.61 Å². The smallest absolute Gasteiger partial charge is 0.119 e. The molecule has 1 aromatic carbocycles. The maximum absolute atomic E-state index is 5.61. The van der Waals surface area contributed by atoms with Crippen LogP contribution >= 0.6 is 0 Å². The zero-order valence-corrected chi connectivity index (χ0v) is 11.2. The van der Waals surface area contributed by atoms with Gasteiger partial charge in [0.1, 0.15) is 5.75 Å². The average molecular weight is 234 g/mol. The summed E-state index contributed by atoms with van der Waals surface area (Å²) in [5.74, 6) is 0.992. The lowest BCUT2D eigenvalue weighted by Gasteiger charge is -2.05. The maximum Gasteiger partial charge on any atom is 0.119 e. The van der Waals surface area contributed by atoms with Gasteiger partial charge in [-0.2, -0.15) is 0 Å². The molecule has 1 aromatic rings. The molecule has 96 valence electrons. The second-order valence-corrected chi connectivity index (χ2v) is 3.93. The molecule has 0 fully saturated rings. The molecule has 0 aliphatic heterocycles. The van der Waals surface area contributed by atoms with Gasteiger partial charge in [0.2, 0.25) is 0 Å². The Balaban J connectivity index is 0.00000121. The van der Waals surface area contributed by atoms with Crippen molar-refractivity contribution in [3.8, 4) is 5.75 Å². The van der Waals surface area contributed by atoms with Crippen molar-refractivity contribution < 1.29 is 4.74 Å². The molecule has 1 nitrogen and oxygen atoms in total. The van der Waals surface area contributed by atoms with Gasteiger partial charge >= 0.3 is 0 Å². The number of rotatable bonds is 8. The lowest BCUT2D eigenvalue weighted by molar-refractivity contribution is 0.304. The van der Waals surface area contributed by atoms with E-state index in [0.29, 0.717) is 0 Å². The van der Waals surface area contributed by atoms with E-state index in [9.17, 15) is 0 Å². The fourth-order valence-corrected chi connectivity index (χ4v) is 1.59. The first-order chi connectivity index (χ1) is 8.43. The van der Waals surface area contributed by atoms with E-state index in [1.807, 2.05) is 30.3 Å². The van der Waals surface area contributed by atoms with E-state index in [1.54, 1.807) is 0 Å². The summed E-state index contributed by atoms with van der Waals surface area (Å²) in [7, 11) is 0. The van der Waals surface area contributed by atoms with E-state index in [1.165, 1.54) is 38.5 Å². The Morgan fingerprint density at radius 3 is 2.12 bits per heavy atom. The molecule has 0 unspecified atom stereocenters. The van der Waals surface area contributed by atoms with E-state index < -0.39 is 0 Å². The monoisotopic (exact) mass is 234 g/mol. The van der Waals surface area contributed by atoms with Crippen LogP contribution in [0.1, 0.15) is 45.4 Å². The van der Waals surface area contributed by atoms with Crippen molar-refractivity contribution in [3.63, 3.8) is 0 Å². The molecule has 0 aliphatic rings. The van der Waals surface area contributed by atoms with Crippen LogP contribution in [0.5, 0.6) is 5.75 Å². The van der Waals surface area contributed by atoms with Gasteiger partial charge < -0.3 is 4.74 Å². The Morgan fingerprint density at radius 1 is 0.882 bits per heavy atom. The normalized spacial score (nSPS) is 9.24. The van der Waals surface area contributed by atoms with Crippen molar-refractivity contribution in [2.45, 2.75) is 45.4 Å². The third kappa shape index (κ3) is 9.68. The summed E-state index contributed by atoms with van der Waals surface area (Å²) < 4.78 is 5.61. The lowest BCUT2D eigenvalue weighted by Crippen LogP contribution is -1.96. The van der Waals surface area contributed by atoms with Crippen molar-refractivity contribution in [2.24, 2.45) is 0 Å². The summed E-state index contributed by atoms with van der Waals surface area (Å²) in [4.78, 5) is 0. The van der Waals surface area contributed by atoms with Crippen LogP contribution in [-0.2, 0) is 0 Å². The fraction of sp³-hybridized carbons (Fsp3) is 0.500. The molecule has 0 amide bonds. The van der Waals surface area contributed by atoms with E-state index in [2.05, 4.69) is 20.1 Å². The van der Waals surface area contributed by atoms with Crippen LogP contribution in [-0.4, -0.2) is 6.61 Å². The molecule has 0 N–H and O–H groups in total. The Hall–Kier alpha value is -1.24. The molecule has 0 spiro atoms. The predicted octanol–water partition coefficient (Wildman–Crippen LogP) is 5.23. The number of hydrogen-bond acceptors (Lipinski definition) is 1. The molecule has 17 heavy (non-hydrogen) atoms. The largest absolute Gasteiger partial charge is 0.494 e. The van der Waals surface area contributed by atoms with Crippen molar-refractivity contribution in [1.29, 1.82) is 0 Å². The van der Waals surface area contributed by atoms with Crippen LogP contribution in [0.3, 0.4) is 0 Å². The first-order valence-corrected chi connectivity index (χ1v) is 6.61. The quantitative estimate of drug-likeness (QED) is 0.442. The SMILES string of the molecule is C=C.CCCCCCCCOc1ccccc1. The van der Waals surface area contributed by atoms with Gasteiger partial charge in [-0.25, -0.2) is 0 Å². The first-order valence-electron chi connectivity index (χ1n) is 6.61. The zero-order chi connectivity index (χ0) is 12.8. The van der Waals surface area contributed by atoms with Gasteiger partial charge in [-0.3, -0.25) is 0 Å². The van der Waals surface area contributed by atoms with Gasteiger partial charge in [-0.05, 0) is 18.6 Å². The van der Waals surface area contributed by atoms with E-state index in [0.717, 1.165) is 12.4 Å². The number of unbranched alkanes of at least 4 members (excludes halogenated alkanes) is 5. The molecule has 0 atom stereocenters. The van der Waals surface area contributed by atoms with E-state index in [4.69, 9.17) is 4.74 Å². The summed E-state index contributed by atoms with van der Waals surface area (Å²) >= 11 is 0. The summed E-state index contributed by atoms with van der Waals surface area (Å²) in [6, 6.07) is 10.1. The number of ether oxygens (including phenoxy) is 1. The van der Waals surface area contributed by atoms with Crippen LogP contribution in [0.2, 0.25) is 0 Å². The van der Waals surface area contributed by atoms with Crippen LogP contribution in [0, 0.1) is 0 Å². The predicted molar refractivity (Wildman–Crippen MR) is 76.6 cm³/mol. The molecule has 0 bridgehead atoms. The Kier molecular flexibility index (Phi) is 11.9. The molecule has 0 aliphatic carbocycles. The highest BCUT2D eigenvalue weighted by Crippen LogP contribution is 2.10. The highest BCUT2D eigenvalue weighted by Gasteiger charge is 1.92. The molecular formula is C16H26O.